The van der Waals surface area contributed by atoms with Crippen molar-refractivity contribution in [2.24, 2.45) is 4.99 Å². The third kappa shape index (κ3) is 4.56. The number of para-hydroxylation sites is 3. The number of fused-ring (bicyclic) bond motifs is 12. The molecule has 3 heterocycles. The summed E-state index contributed by atoms with van der Waals surface area (Å²) in [6.07, 6.45) is 2.00. The Labute approximate surface area is 323 Å². The molecule has 4 nitrogen and oxygen atoms in total. The zero-order chi connectivity index (χ0) is 36.7. The van der Waals surface area contributed by atoms with Gasteiger partial charge >= 0.3 is 0 Å². The first-order valence-corrected chi connectivity index (χ1v) is 19.2. The zero-order valence-electron chi connectivity index (χ0n) is 30.4. The molecule has 8 aromatic carbocycles. The minimum atomic E-state index is -0.0281. The second-order valence-electron chi connectivity index (χ2n) is 14.8. The largest absolute Gasteiger partial charge is 0.371 e. The lowest BCUT2D eigenvalue weighted by molar-refractivity contribution is 0.794. The number of aliphatic imine (C=N–C) groups is 1. The number of aromatic nitrogens is 2. The average Bonchev–Trinajstić information content (AvgIpc) is 3.79. The molecule has 0 radical (unpaired) electrons. The van der Waals surface area contributed by atoms with E-state index in [2.05, 4.69) is 203 Å². The molecule has 262 valence electrons. The summed E-state index contributed by atoms with van der Waals surface area (Å²) in [6, 6.07) is 68.1. The van der Waals surface area contributed by atoms with Gasteiger partial charge in [-0.3, -0.25) is 4.99 Å². The van der Waals surface area contributed by atoms with E-state index in [1.807, 2.05) is 6.20 Å². The van der Waals surface area contributed by atoms with Crippen molar-refractivity contribution in [1.29, 1.82) is 0 Å². The molecule has 0 spiro atoms. The second kappa shape index (κ2) is 12.0. The van der Waals surface area contributed by atoms with Gasteiger partial charge in [-0.1, -0.05) is 133 Å². The molecule has 1 aliphatic heterocycles. The second-order valence-corrected chi connectivity index (χ2v) is 14.8. The minimum absolute atomic E-state index is 0.0281. The molecule has 0 saturated heterocycles. The summed E-state index contributed by atoms with van der Waals surface area (Å²) in [5.74, 6) is 0. The maximum atomic E-state index is 5.13. The summed E-state index contributed by atoms with van der Waals surface area (Å²) >= 11 is 0. The minimum Gasteiger partial charge on any atom is -0.371 e. The lowest BCUT2D eigenvalue weighted by Gasteiger charge is -2.33. The quantitative estimate of drug-likeness (QED) is 0.193. The highest BCUT2D eigenvalue weighted by atomic mass is 15.0. The molecule has 2 aromatic heterocycles. The van der Waals surface area contributed by atoms with Gasteiger partial charge in [0.15, 0.2) is 0 Å². The standard InChI is InChI=1S/C52H34N4/c1-2-14-36(15-3-1)55-48-24-11-9-20-41(48)45-30-33(26-28-49(45)55)34-25-27-42-40-19-8-10-23-47(40)56(50(42)31-34)37-16-12-13-35(29-37)46-32-53-51-43-21-6-4-17-38(43)39-18-5-7-22-44(39)52(51)54-46/h1-32,52,54H. The molecule has 0 fully saturated rings. The van der Waals surface area contributed by atoms with Crippen molar-refractivity contribution in [3.05, 3.63) is 211 Å². The summed E-state index contributed by atoms with van der Waals surface area (Å²) in [7, 11) is 0. The summed E-state index contributed by atoms with van der Waals surface area (Å²) in [5.41, 5.74) is 17.6. The van der Waals surface area contributed by atoms with E-state index in [0.717, 1.165) is 22.7 Å². The van der Waals surface area contributed by atoms with Crippen LogP contribution in [0.1, 0.15) is 22.7 Å². The van der Waals surface area contributed by atoms with E-state index in [9.17, 15) is 0 Å². The fourth-order valence-corrected chi connectivity index (χ4v) is 9.26. The maximum absolute atomic E-state index is 5.13. The molecule has 1 aliphatic carbocycles. The van der Waals surface area contributed by atoms with E-state index >= 15 is 0 Å². The van der Waals surface area contributed by atoms with E-state index in [4.69, 9.17) is 4.99 Å². The van der Waals surface area contributed by atoms with Crippen molar-refractivity contribution in [2.75, 3.05) is 0 Å². The van der Waals surface area contributed by atoms with E-state index in [-0.39, 0.29) is 6.04 Å². The maximum Gasteiger partial charge on any atom is 0.0953 e. The van der Waals surface area contributed by atoms with Crippen LogP contribution in [0.15, 0.2) is 199 Å². The number of hydrogen-bond donors (Lipinski definition) is 1. The lowest BCUT2D eigenvalue weighted by atomic mass is 9.80. The summed E-state index contributed by atoms with van der Waals surface area (Å²) < 4.78 is 4.79. The van der Waals surface area contributed by atoms with Gasteiger partial charge in [-0.05, 0) is 82.4 Å². The normalized spacial score (nSPS) is 14.6. The molecule has 56 heavy (non-hydrogen) atoms. The molecule has 1 N–H and O–H groups in total. The number of hydrogen-bond acceptors (Lipinski definition) is 2. The summed E-state index contributed by atoms with van der Waals surface area (Å²) in [4.78, 5) is 5.13. The number of nitrogens with one attached hydrogen (secondary N) is 1. The fourth-order valence-electron chi connectivity index (χ4n) is 9.26. The molecule has 12 rings (SSSR count). The highest BCUT2D eigenvalue weighted by Crippen LogP contribution is 2.42. The molecule has 2 aliphatic rings. The Kier molecular flexibility index (Phi) is 6.66. The van der Waals surface area contributed by atoms with Crippen LogP contribution in [0, 0.1) is 0 Å². The SMILES string of the molecule is C1=C(c2cccc(-n3c4ccccc4c4ccc(-c5ccc6c(c5)c5ccccc5n6-c5ccccc5)cc43)c2)NC2C(=N1)c1ccccc1-c1ccccc12. The monoisotopic (exact) mass is 714 g/mol. The Morgan fingerprint density at radius 1 is 0.393 bits per heavy atom. The van der Waals surface area contributed by atoms with Gasteiger partial charge in [-0.2, -0.15) is 0 Å². The van der Waals surface area contributed by atoms with Crippen molar-refractivity contribution in [2.45, 2.75) is 6.04 Å². The smallest absolute Gasteiger partial charge is 0.0953 e. The van der Waals surface area contributed by atoms with Gasteiger partial charge in [-0.25, -0.2) is 0 Å². The van der Waals surface area contributed by atoms with E-state index in [1.165, 1.54) is 82.7 Å². The van der Waals surface area contributed by atoms with Crippen LogP contribution in [0.25, 0.3) is 82.9 Å². The highest BCUT2D eigenvalue weighted by molar-refractivity contribution is 6.15. The predicted octanol–water partition coefficient (Wildman–Crippen LogP) is 12.7. The fraction of sp³-hybridized carbons (Fsp3) is 0.0192. The van der Waals surface area contributed by atoms with Crippen LogP contribution in [0.2, 0.25) is 0 Å². The van der Waals surface area contributed by atoms with Crippen LogP contribution in [0.3, 0.4) is 0 Å². The van der Waals surface area contributed by atoms with E-state index in [1.54, 1.807) is 0 Å². The Bertz CT molecular complexity index is 3290. The number of benzene rings is 8. The zero-order valence-corrected chi connectivity index (χ0v) is 30.4. The molecule has 1 unspecified atom stereocenters. The third-order valence-electron chi connectivity index (χ3n) is 11.8. The first-order chi connectivity index (χ1) is 27.8. The van der Waals surface area contributed by atoms with Gasteiger partial charge < -0.3 is 14.5 Å². The molecule has 0 bridgehead atoms. The van der Waals surface area contributed by atoms with Crippen LogP contribution < -0.4 is 5.32 Å². The Morgan fingerprint density at radius 3 is 1.84 bits per heavy atom. The molecule has 10 aromatic rings. The molecular weight excluding hydrogens is 681 g/mol. The van der Waals surface area contributed by atoms with Gasteiger partial charge in [-0.15, -0.1) is 0 Å². The summed E-state index contributed by atoms with van der Waals surface area (Å²) in [5, 5.41) is 8.88. The van der Waals surface area contributed by atoms with Crippen LogP contribution in [0.5, 0.6) is 0 Å². The number of rotatable bonds is 4. The molecule has 4 heteroatoms. The van der Waals surface area contributed by atoms with Gasteiger partial charge in [0, 0.05) is 44.0 Å². The van der Waals surface area contributed by atoms with Gasteiger partial charge in [0.2, 0.25) is 0 Å². The van der Waals surface area contributed by atoms with Gasteiger partial charge in [0.25, 0.3) is 0 Å². The molecule has 0 amide bonds. The Morgan fingerprint density at radius 2 is 1.00 bits per heavy atom. The van der Waals surface area contributed by atoms with Crippen LogP contribution >= 0.6 is 0 Å². The topological polar surface area (TPSA) is 34.2 Å². The van der Waals surface area contributed by atoms with Crippen molar-refractivity contribution in [3.63, 3.8) is 0 Å². The Balaban J connectivity index is 0.990. The molecule has 1 atom stereocenters. The average molecular weight is 715 g/mol. The summed E-state index contributed by atoms with van der Waals surface area (Å²) in [6.45, 7) is 0. The first kappa shape index (κ1) is 31.0. The Hall–Kier alpha value is -7.43. The van der Waals surface area contributed by atoms with Crippen LogP contribution in [0.4, 0.5) is 0 Å². The van der Waals surface area contributed by atoms with Crippen molar-refractivity contribution in [3.8, 4) is 33.6 Å². The van der Waals surface area contributed by atoms with E-state index < -0.39 is 0 Å². The molecule has 0 saturated carbocycles. The number of nitrogens with zero attached hydrogens (tertiary/aromatic N) is 3. The van der Waals surface area contributed by atoms with Gasteiger partial charge in [0.05, 0.1) is 45.7 Å². The first-order valence-electron chi connectivity index (χ1n) is 19.2. The van der Waals surface area contributed by atoms with Crippen molar-refractivity contribution < 1.29 is 0 Å². The lowest BCUT2D eigenvalue weighted by Crippen LogP contribution is -2.33. The predicted molar refractivity (Wildman–Crippen MR) is 233 cm³/mol. The van der Waals surface area contributed by atoms with Crippen LogP contribution in [-0.4, -0.2) is 14.8 Å². The third-order valence-corrected chi connectivity index (χ3v) is 11.8. The van der Waals surface area contributed by atoms with Crippen molar-refractivity contribution >= 4 is 55.0 Å². The van der Waals surface area contributed by atoms with E-state index in [0.29, 0.717) is 0 Å². The molecular formula is C52H34N4. The highest BCUT2D eigenvalue weighted by Gasteiger charge is 2.32. The van der Waals surface area contributed by atoms with Crippen LogP contribution in [-0.2, 0) is 0 Å². The van der Waals surface area contributed by atoms with Crippen molar-refractivity contribution in [1.82, 2.24) is 14.5 Å². The van der Waals surface area contributed by atoms with Gasteiger partial charge in [0.1, 0.15) is 0 Å².